The molecule has 0 radical (unpaired) electrons. The molecule has 0 unspecified atom stereocenters. The molecule has 2 aliphatic carbocycles. The zero-order valence-electron chi connectivity index (χ0n) is 14.3. The minimum Gasteiger partial charge on any atom is -0.354 e. The van der Waals surface area contributed by atoms with Gasteiger partial charge in [-0.05, 0) is 36.7 Å². The Balaban J connectivity index is 1.35. The van der Waals surface area contributed by atoms with E-state index in [-0.39, 0.29) is 18.0 Å². The first-order valence-corrected chi connectivity index (χ1v) is 10.2. The summed E-state index contributed by atoms with van der Waals surface area (Å²) in [7, 11) is 0. The number of hydrogen-bond donors (Lipinski definition) is 1. The van der Waals surface area contributed by atoms with Crippen molar-refractivity contribution in [3.63, 3.8) is 0 Å². The number of carbonyl (C=O) groups is 1. The lowest BCUT2D eigenvalue weighted by atomic mass is 9.94. The fourth-order valence-corrected chi connectivity index (χ4v) is 4.98. The molecule has 1 aliphatic heterocycles. The molecule has 1 aromatic heterocycles. The van der Waals surface area contributed by atoms with Gasteiger partial charge >= 0.3 is 0 Å². The Morgan fingerprint density at radius 1 is 1.24 bits per heavy atom. The lowest BCUT2D eigenvalue weighted by molar-refractivity contribution is -0.122. The van der Waals surface area contributed by atoms with Crippen molar-refractivity contribution >= 4 is 23.5 Å². The van der Waals surface area contributed by atoms with Gasteiger partial charge in [0.25, 0.3) is 5.56 Å². The summed E-state index contributed by atoms with van der Waals surface area (Å²) in [4.78, 5) is 26.5. The maximum Gasteiger partial charge on any atom is 0.267 e. The van der Waals surface area contributed by atoms with E-state index in [1.54, 1.807) is 6.07 Å². The van der Waals surface area contributed by atoms with Gasteiger partial charge in [-0.2, -0.15) is 16.9 Å². The molecule has 3 aliphatic rings. The number of allylic oxidation sites excluding steroid dienone is 2. The second-order valence-electron chi connectivity index (χ2n) is 7.13. The number of fused-ring (bicyclic) bond motifs is 2. The summed E-state index contributed by atoms with van der Waals surface area (Å²) in [6, 6.07) is 3.27. The van der Waals surface area contributed by atoms with Gasteiger partial charge in [0, 0.05) is 37.2 Å². The summed E-state index contributed by atoms with van der Waals surface area (Å²) < 4.78 is 1.28. The van der Waals surface area contributed by atoms with Crippen molar-refractivity contribution in [2.24, 2.45) is 17.8 Å². The molecule has 1 amide bonds. The van der Waals surface area contributed by atoms with Crippen LogP contribution in [-0.2, 0) is 11.3 Å². The van der Waals surface area contributed by atoms with Gasteiger partial charge in [0.2, 0.25) is 5.91 Å². The number of carbonyl (C=O) groups excluding carboxylic acids is 1. The van der Waals surface area contributed by atoms with E-state index in [1.807, 2.05) is 11.8 Å². The van der Waals surface area contributed by atoms with Crippen LogP contribution in [0, 0.1) is 17.8 Å². The predicted molar refractivity (Wildman–Crippen MR) is 99.9 cm³/mol. The van der Waals surface area contributed by atoms with Gasteiger partial charge in [0.1, 0.15) is 12.4 Å². The standard InChI is InChI=1S/C18H24N4O2S/c23-17(19-11-15-10-13-1-2-14(15)9-13)12-22-18(24)4-3-16(20-22)21-5-7-25-8-6-21/h1-4,13-15H,5-12H2,(H,19,23)/t13-,14+,15-/m1/s1. The Bertz CT molecular complexity index is 726. The van der Waals surface area contributed by atoms with Crippen molar-refractivity contribution in [3.05, 3.63) is 34.6 Å². The lowest BCUT2D eigenvalue weighted by Gasteiger charge is -2.27. The van der Waals surface area contributed by atoms with Crippen LogP contribution in [-0.4, -0.2) is 46.8 Å². The van der Waals surface area contributed by atoms with E-state index in [4.69, 9.17) is 0 Å². The quantitative estimate of drug-likeness (QED) is 0.797. The first kappa shape index (κ1) is 16.7. The zero-order chi connectivity index (χ0) is 17.2. The average Bonchev–Trinajstić information content (AvgIpc) is 3.26. The molecule has 4 rings (SSSR count). The highest BCUT2D eigenvalue weighted by atomic mass is 32.2. The van der Waals surface area contributed by atoms with Crippen LogP contribution in [0.1, 0.15) is 12.8 Å². The van der Waals surface area contributed by atoms with E-state index in [1.165, 1.54) is 23.6 Å². The first-order chi connectivity index (χ1) is 12.2. The van der Waals surface area contributed by atoms with Gasteiger partial charge in [-0.25, -0.2) is 4.68 Å². The van der Waals surface area contributed by atoms with Crippen molar-refractivity contribution < 1.29 is 4.79 Å². The molecule has 0 spiro atoms. The fourth-order valence-electron chi connectivity index (χ4n) is 4.08. The maximum absolute atomic E-state index is 12.3. The number of thioether (sulfide) groups is 1. The molecule has 6 nitrogen and oxygen atoms in total. The van der Waals surface area contributed by atoms with Gasteiger partial charge < -0.3 is 10.2 Å². The van der Waals surface area contributed by atoms with Crippen LogP contribution in [0.15, 0.2) is 29.1 Å². The smallest absolute Gasteiger partial charge is 0.267 e. The van der Waals surface area contributed by atoms with Crippen LogP contribution in [0.3, 0.4) is 0 Å². The average molecular weight is 360 g/mol. The molecule has 0 aromatic carbocycles. The molecular formula is C18H24N4O2S. The summed E-state index contributed by atoms with van der Waals surface area (Å²) in [5.74, 6) is 4.65. The highest BCUT2D eigenvalue weighted by Crippen LogP contribution is 2.42. The predicted octanol–water partition coefficient (Wildman–Crippen LogP) is 1.12. The molecule has 1 saturated carbocycles. The summed E-state index contributed by atoms with van der Waals surface area (Å²) in [6.07, 6.45) is 6.99. The third kappa shape index (κ3) is 3.76. The topological polar surface area (TPSA) is 67.2 Å². The van der Waals surface area contributed by atoms with Crippen molar-refractivity contribution in [2.45, 2.75) is 19.4 Å². The van der Waals surface area contributed by atoms with Gasteiger partial charge in [0.05, 0.1) is 0 Å². The molecular weight excluding hydrogens is 336 g/mol. The largest absolute Gasteiger partial charge is 0.354 e. The van der Waals surface area contributed by atoms with Gasteiger partial charge in [-0.15, -0.1) is 0 Å². The third-order valence-electron chi connectivity index (χ3n) is 5.46. The van der Waals surface area contributed by atoms with Gasteiger partial charge in [0.15, 0.2) is 0 Å². The number of amides is 1. The second-order valence-corrected chi connectivity index (χ2v) is 8.36. The Morgan fingerprint density at radius 3 is 2.80 bits per heavy atom. The van der Waals surface area contributed by atoms with Crippen molar-refractivity contribution in [3.8, 4) is 0 Å². The lowest BCUT2D eigenvalue weighted by Crippen LogP contribution is -2.38. The van der Waals surface area contributed by atoms with Crippen LogP contribution in [0.5, 0.6) is 0 Å². The molecule has 2 fully saturated rings. The Kier molecular flexibility index (Phi) is 4.83. The number of aromatic nitrogens is 2. The first-order valence-electron chi connectivity index (χ1n) is 9.05. The van der Waals surface area contributed by atoms with Crippen LogP contribution in [0.2, 0.25) is 0 Å². The van der Waals surface area contributed by atoms with Crippen molar-refractivity contribution in [1.29, 1.82) is 0 Å². The molecule has 1 N–H and O–H groups in total. The summed E-state index contributed by atoms with van der Waals surface area (Å²) >= 11 is 1.93. The zero-order valence-corrected chi connectivity index (χ0v) is 15.1. The van der Waals surface area contributed by atoms with Crippen LogP contribution in [0.4, 0.5) is 5.82 Å². The van der Waals surface area contributed by atoms with E-state index < -0.39 is 0 Å². The summed E-state index contributed by atoms with van der Waals surface area (Å²) in [5.41, 5.74) is -0.229. The summed E-state index contributed by atoms with van der Waals surface area (Å²) in [6.45, 7) is 2.55. The Hall–Kier alpha value is -1.76. The molecule has 1 saturated heterocycles. The number of hydrogen-bond acceptors (Lipinski definition) is 5. The third-order valence-corrected chi connectivity index (χ3v) is 6.40. The molecule has 3 atom stereocenters. The molecule has 2 heterocycles. The van der Waals surface area contributed by atoms with Crippen LogP contribution >= 0.6 is 11.8 Å². The van der Waals surface area contributed by atoms with Crippen LogP contribution < -0.4 is 15.8 Å². The Labute approximate surface area is 151 Å². The highest BCUT2D eigenvalue weighted by molar-refractivity contribution is 7.99. The Morgan fingerprint density at radius 2 is 2.08 bits per heavy atom. The van der Waals surface area contributed by atoms with E-state index in [0.29, 0.717) is 24.3 Å². The number of nitrogens with zero attached hydrogens (tertiary/aromatic N) is 3. The second kappa shape index (κ2) is 7.23. The number of nitrogens with one attached hydrogen (secondary N) is 1. The SMILES string of the molecule is O=C(Cn1nc(N2CCSCC2)ccc1=O)NC[C@H]1C[C@@H]2C=C[C@H]1C2. The maximum atomic E-state index is 12.3. The summed E-state index contributed by atoms with van der Waals surface area (Å²) in [5, 5.41) is 7.40. The van der Waals surface area contributed by atoms with E-state index in [2.05, 4.69) is 27.5 Å². The van der Waals surface area contributed by atoms with E-state index in [0.717, 1.165) is 30.4 Å². The molecule has 25 heavy (non-hydrogen) atoms. The molecule has 134 valence electrons. The highest BCUT2D eigenvalue weighted by Gasteiger charge is 2.35. The monoisotopic (exact) mass is 360 g/mol. The van der Waals surface area contributed by atoms with Gasteiger partial charge in [-0.3, -0.25) is 9.59 Å². The minimum atomic E-state index is -0.229. The number of rotatable bonds is 5. The number of anilines is 1. The van der Waals surface area contributed by atoms with Crippen molar-refractivity contribution in [2.75, 3.05) is 36.0 Å². The fraction of sp³-hybridized carbons (Fsp3) is 0.611. The minimum absolute atomic E-state index is 0.00802. The molecule has 7 heteroatoms. The normalized spacial score (nSPS) is 27.7. The van der Waals surface area contributed by atoms with E-state index >= 15 is 0 Å². The van der Waals surface area contributed by atoms with Gasteiger partial charge in [-0.1, -0.05) is 12.2 Å². The van der Waals surface area contributed by atoms with E-state index in [9.17, 15) is 9.59 Å². The molecule has 1 aromatic rings. The van der Waals surface area contributed by atoms with Crippen molar-refractivity contribution in [1.82, 2.24) is 15.1 Å². The van der Waals surface area contributed by atoms with Crippen LogP contribution in [0.25, 0.3) is 0 Å². The molecule has 2 bridgehead atoms.